The predicted octanol–water partition coefficient (Wildman–Crippen LogP) is 10.5. The summed E-state index contributed by atoms with van der Waals surface area (Å²) in [6.07, 6.45) is 15.7. The summed E-state index contributed by atoms with van der Waals surface area (Å²) >= 11 is 0. The second kappa shape index (κ2) is 12.8. The summed E-state index contributed by atoms with van der Waals surface area (Å²) in [5, 5.41) is 0. The monoisotopic (exact) mass is 436 g/mol. The van der Waals surface area contributed by atoms with E-state index < -0.39 is 0 Å². The maximum atomic E-state index is 4.72. The minimum atomic E-state index is 0.140. The van der Waals surface area contributed by atoms with Gasteiger partial charge in [0, 0.05) is 0 Å². The van der Waals surface area contributed by atoms with Crippen molar-refractivity contribution in [2.45, 2.75) is 119 Å². The van der Waals surface area contributed by atoms with Gasteiger partial charge in [-0.25, -0.2) is 0 Å². The Kier molecular flexibility index (Phi) is 10.8. The first-order valence-corrected chi connectivity index (χ1v) is 13.7. The lowest BCUT2D eigenvalue weighted by Crippen LogP contribution is -2.19. The first-order valence-electron chi connectivity index (χ1n) is 13.7. The third-order valence-electron chi connectivity index (χ3n) is 7.89. The molecule has 1 aliphatic rings. The maximum Gasteiger partial charge on any atom is -0.0101 e. The van der Waals surface area contributed by atoms with Gasteiger partial charge in [0.2, 0.25) is 0 Å². The first kappa shape index (κ1) is 26.9. The van der Waals surface area contributed by atoms with Gasteiger partial charge in [-0.2, -0.15) is 0 Å². The third kappa shape index (κ3) is 7.64. The average Bonchev–Trinajstić information content (AvgIpc) is 3.00. The van der Waals surface area contributed by atoms with Gasteiger partial charge >= 0.3 is 0 Å². The third-order valence-corrected chi connectivity index (χ3v) is 7.89. The maximum absolute atomic E-state index is 4.72. The molecular weight excluding hydrogens is 384 g/mol. The van der Waals surface area contributed by atoms with E-state index in [2.05, 4.69) is 66.3 Å². The number of rotatable bonds is 12. The van der Waals surface area contributed by atoms with E-state index in [4.69, 9.17) is 6.58 Å². The van der Waals surface area contributed by atoms with Gasteiger partial charge in [0.05, 0.1) is 0 Å². The molecule has 0 nitrogen and oxygen atoms in total. The zero-order chi connectivity index (χ0) is 23.7. The van der Waals surface area contributed by atoms with E-state index in [1.807, 2.05) is 0 Å². The Morgan fingerprint density at radius 1 is 1.00 bits per heavy atom. The van der Waals surface area contributed by atoms with Crippen LogP contribution in [-0.2, 0) is 6.42 Å². The Morgan fingerprint density at radius 2 is 1.62 bits per heavy atom. The SMILES string of the molecule is C=C(CC(CC)CC(C)C)c1cccc(C(=C)C(C)(C)CC2CCCCCC2)c1CCC. The van der Waals surface area contributed by atoms with Crippen molar-refractivity contribution < 1.29 is 0 Å². The van der Waals surface area contributed by atoms with E-state index in [0.29, 0.717) is 0 Å². The fourth-order valence-corrected chi connectivity index (χ4v) is 6.02. The molecule has 0 aromatic heterocycles. The van der Waals surface area contributed by atoms with Crippen molar-refractivity contribution in [3.63, 3.8) is 0 Å². The molecule has 1 unspecified atom stereocenters. The molecule has 0 spiro atoms. The largest absolute Gasteiger partial charge is 0.0952 e. The van der Waals surface area contributed by atoms with E-state index in [-0.39, 0.29) is 5.41 Å². The lowest BCUT2D eigenvalue weighted by atomic mass is 9.71. The molecule has 1 saturated carbocycles. The Labute approximate surface area is 201 Å². The molecule has 1 fully saturated rings. The normalized spacial score (nSPS) is 16.7. The zero-order valence-electron chi connectivity index (χ0n) is 22.4. The summed E-state index contributed by atoms with van der Waals surface area (Å²) < 4.78 is 0. The minimum absolute atomic E-state index is 0.140. The molecule has 0 N–H and O–H groups in total. The molecule has 0 saturated heterocycles. The number of benzene rings is 1. The van der Waals surface area contributed by atoms with Crippen LogP contribution >= 0.6 is 0 Å². The highest BCUT2D eigenvalue weighted by Crippen LogP contribution is 2.44. The molecule has 0 heteroatoms. The van der Waals surface area contributed by atoms with E-state index in [0.717, 1.165) is 37.0 Å². The van der Waals surface area contributed by atoms with Gasteiger partial charge in [0.1, 0.15) is 0 Å². The van der Waals surface area contributed by atoms with Crippen molar-refractivity contribution in [1.82, 2.24) is 0 Å². The average molecular weight is 437 g/mol. The van der Waals surface area contributed by atoms with E-state index in [1.54, 1.807) is 0 Å². The van der Waals surface area contributed by atoms with Gasteiger partial charge in [-0.1, -0.05) is 124 Å². The quantitative estimate of drug-likeness (QED) is 0.286. The summed E-state index contributed by atoms with van der Waals surface area (Å²) in [7, 11) is 0. The molecule has 32 heavy (non-hydrogen) atoms. The van der Waals surface area contributed by atoms with Crippen LogP contribution in [-0.4, -0.2) is 0 Å². The molecule has 180 valence electrons. The van der Waals surface area contributed by atoms with Crippen LogP contribution < -0.4 is 0 Å². The van der Waals surface area contributed by atoms with Crippen molar-refractivity contribution in [2.24, 2.45) is 23.2 Å². The van der Waals surface area contributed by atoms with Crippen LogP contribution in [0.4, 0.5) is 0 Å². The first-order chi connectivity index (χ1) is 15.2. The molecule has 0 heterocycles. The Bertz CT molecular complexity index is 724. The standard InChI is InChI=1S/C32H52/c1-9-16-31-29(25(5)22-27(10-2)21-24(3)4)19-15-20-30(31)26(6)32(7,8)23-28-17-13-11-12-14-18-28/h15,19-20,24,27-28H,5-6,9-14,16-18,21-23H2,1-4,7-8H3. The molecule has 1 aliphatic carbocycles. The molecule has 0 amide bonds. The van der Waals surface area contributed by atoms with Gasteiger partial charge < -0.3 is 0 Å². The van der Waals surface area contributed by atoms with Crippen LogP contribution in [0.5, 0.6) is 0 Å². The van der Waals surface area contributed by atoms with Crippen LogP contribution in [0.3, 0.4) is 0 Å². The summed E-state index contributed by atoms with van der Waals surface area (Å²) in [6.45, 7) is 23.5. The number of hydrogen-bond acceptors (Lipinski definition) is 0. The van der Waals surface area contributed by atoms with E-state index in [9.17, 15) is 0 Å². The van der Waals surface area contributed by atoms with Crippen LogP contribution in [0.15, 0.2) is 31.4 Å². The van der Waals surface area contributed by atoms with Crippen LogP contribution in [0.2, 0.25) is 0 Å². The lowest BCUT2D eigenvalue weighted by Gasteiger charge is -2.33. The van der Waals surface area contributed by atoms with Crippen LogP contribution in [0.1, 0.15) is 129 Å². The fraction of sp³-hybridized carbons (Fsp3) is 0.688. The van der Waals surface area contributed by atoms with Gasteiger partial charge in [-0.3, -0.25) is 0 Å². The molecule has 0 bridgehead atoms. The zero-order valence-corrected chi connectivity index (χ0v) is 22.4. The summed E-state index contributed by atoms with van der Waals surface area (Å²) in [5.74, 6) is 2.34. The highest BCUT2D eigenvalue weighted by molar-refractivity contribution is 5.77. The van der Waals surface area contributed by atoms with Gasteiger partial charge in [0.15, 0.2) is 0 Å². The highest BCUT2D eigenvalue weighted by Gasteiger charge is 2.29. The molecule has 1 atom stereocenters. The molecule has 1 aromatic rings. The van der Waals surface area contributed by atoms with Crippen molar-refractivity contribution in [3.05, 3.63) is 48.0 Å². The molecule has 2 rings (SSSR count). The van der Waals surface area contributed by atoms with Gasteiger partial charge in [-0.15, -0.1) is 0 Å². The molecule has 0 radical (unpaired) electrons. The van der Waals surface area contributed by atoms with Crippen molar-refractivity contribution in [2.75, 3.05) is 0 Å². The van der Waals surface area contributed by atoms with Gasteiger partial charge in [-0.05, 0) is 76.7 Å². The lowest BCUT2D eigenvalue weighted by molar-refractivity contribution is 0.315. The Hall–Kier alpha value is -1.30. The van der Waals surface area contributed by atoms with Gasteiger partial charge in [0.25, 0.3) is 0 Å². The topological polar surface area (TPSA) is 0 Å². The van der Waals surface area contributed by atoms with Crippen LogP contribution in [0, 0.1) is 23.2 Å². The van der Waals surface area contributed by atoms with Crippen molar-refractivity contribution in [3.8, 4) is 0 Å². The van der Waals surface area contributed by atoms with E-state index in [1.165, 1.54) is 85.6 Å². The molecule has 1 aromatic carbocycles. The summed E-state index contributed by atoms with van der Waals surface area (Å²) in [6, 6.07) is 6.92. The fourth-order valence-electron chi connectivity index (χ4n) is 6.02. The smallest absolute Gasteiger partial charge is 0.0101 e. The van der Waals surface area contributed by atoms with E-state index >= 15 is 0 Å². The molecular formula is C32H52. The van der Waals surface area contributed by atoms with Crippen molar-refractivity contribution >= 4 is 11.1 Å². The second-order valence-electron chi connectivity index (χ2n) is 11.7. The Morgan fingerprint density at radius 3 is 2.19 bits per heavy atom. The van der Waals surface area contributed by atoms with Crippen molar-refractivity contribution in [1.29, 1.82) is 0 Å². The minimum Gasteiger partial charge on any atom is -0.0952 e. The second-order valence-corrected chi connectivity index (χ2v) is 11.7. The Balaban J connectivity index is 2.28. The summed E-state index contributed by atoms with van der Waals surface area (Å²) in [5.41, 5.74) is 7.12. The van der Waals surface area contributed by atoms with Crippen LogP contribution in [0.25, 0.3) is 11.1 Å². The summed E-state index contributed by atoms with van der Waals surface area (Å²) in [4.78, 5) is 0. The number of hydrogen-bond donors (Lipinski definition) is 0. The number of allylic oxidation sites excluding steroid dienone is 2. The molecule has 0 aliphatic heterocycles. The highest BCUT2D eigenvalue weighted by atomic mass is 14.3. The predicted molar refractivity (Wildman–Crippen MR) is 146 cm³/mol.